The summed E-state index contributed by atoms with van der Waals surface area (Å²) in [5.41, 5.74) is 13.9. The first kappa shape index (κ1) is 73.1. The van der Waals surface area contributed by atoms with Crippen molar-refractivity contribution in [3.63, 3.8) is 0 Å². The first-order valence-electron chi connectivity index (χ1n) is 33.3. The summed E-state index contributed by atoms with van der Waals surface area (Å²) in [5.74, 6) is -1.79. The molecule has 22 heteroatoms. The fourth-order valence-corrected chi connectivity index (χ4v) is 14.2. The molecule has 0 atom stereocenters. The molecular formula is C81H74N6O13S3. The second-order valence-electron chi connectivity index (χ2n) is 23.9. The van der Waals surface area contributed by atoms with Gasteiger partial charge >= 0.3 is 23.9 Å². The SMILES string of the molecule is CC(=O)OCCn1c2ccc(C(=O)c3cccs3)cc2c2cc(/C(C)=N/OC(C)=O)ccc21.CCOCCn1c2ccc(C(=O)c3cccs3)cc2c2cc(/C(=N/OC(C)=O)c3ccccc3C)ccc21.CCOCCn1c2ccc(C(=O)c3cccs3)cc2c2cc(/C(C)=N/OC(C)=O)ccc21. The van der Waals surface area contributed by atoms with Crippen LogP contribution in [0.5, 0.6) is 0 Å². The minimum atomic E-state index is -0.491. The van der Waals surface area contributed by atoms with E-state index < -0.39 is 17.9 Å². The molecule has 0 N–H and O–H groups in total. The molecule has 19 nitrogen and oxygen atoms in total. The van der Waals surface area contributed by atoms with E-state index in [1.807, 2.05) is 195 Å². The molecule has 0 bridgehead atoms. The first-order chi connectivity index (χ1) is 49.8. The lowest BCUT2D eigenvalue weighted by atomic mass is 9.97. The smallest absolute Gasteiger partial charge is 0.332 e. The fraction of sp³-hybridized carbons (Fsp3) is 0.210. The van der Waals surface area contributed by atoms with Gasteiger partial charge in [-0.2, -0.15) is 0 Å². The van der Waals surface area contributed by atoms with Crippen LogP contribution < -0.4 is 0 Å². The normalized spacial score (nSPS) is 11.8. The van der Waals surface area contributed by atoms with Gasteiger partial charge in [-0.3, -0.25) is 19.2 Å². The molecule has 0 radical (unpaired) electrons. The molecule has 0 aliphatic rings. The number of hydrogen-bond donors (Lipinski definition) is 0. The largest absolute Gasteiger partial charge is 0.464 e. The van der Waals surface area contributed by atoms with Crippen LogP contribution in [0.15, 0.2) is 201 Å². The summed E-state index contributed by atoms with van der Waals surface area (Å²) < 4.78 is 22.9. The third-order valence-corrected chi connectivity index (χ3v) is 19.6. The van der Waals surface area contributed by atoms with E-state index >= 15 is 0 Å². The van der Waals surface area contributed by atoms with E-state index in [0.717, 1.165) is 98.1 Å². The third kappa shape index (κ3) is 16.9. The van der Waals surface area contributed by atoms with Gasteiger partial charge in [-0.15, -0.1) is 34.0 Å². The van der Waals surface area contributed by atoms with Crippen molar-refractivity contribution < 1.29 is 62.3 Å². The fourth-order valence-electron chi connectivity index (χ4n) is 12.2. The van der Waals surface area contributed by atoms with Crippen LogP contribution in [0.4, 0.5) is 0 Å². The van der Waals surface area contributed by atoms with Gasteiger partial charge < -0.3 is 42.4 Å². The van der Waals surface area contributed by atoms with Crippen LogP contribution in [0.1, 0.15) is 129 Å². The summed E-state index contributed by atoms with van der Waals surface area (Å²) in [7, 11) is 0. The van der Waals surface area contributed by atoms with E-state index in [9.17, 15) is 33.6 Å². The number of esters is 1. The predicted octanol–water partition coefficient (Wildman–Crippen LogP) is 17.1. The van der Waals surface area contributed by atoms with Crippen molar-refractivity contribution >= 4 is 158 Å². The Hall–Kier alpha value is -11.1. The Bertz CT molecular complexity index is 5440. The Labute approximate surface area is 605 Å². The lowest BCUT2D eigenvalue weighted by Crippen LogP contribution is -2.08. The molecule has 0 fully saturated rings. The van der Waals surface area contributed by atoms with Crippen molar-refractivity contribution in [1.82, 2.24) is 13.7 Å². The number of ketones is 3. The molecule has 0 spiro atoms. The number of rotatable bonds is 24. The average Bonchev–Trinajstić information content (AvgIpc) is 1.62. The highest BCUT2D eigenvalue weighted by molar-refractivity contribution is 7.13. The van der Waals surface area contributed by atoms with E-state index in [2.05, 4.69) is 41.3 Å². The maximum Gasteiger partial charge on any atom is 0.332 e. The molecule has 0 aliphatic heterocycles. The van der Waals surface area contributed by atoms with Crippen molar-refractivity contribution in [3.8, 4) is 0 Å². The van der Waals surface area contributed by atoms with E-state index in [4.69, 9.17) is 28.7 Å². The summed E-state index contributed by atoms with van der Waals surface area (Å²) in [6.07, 6.45) is 0. The molecular weight excluding hydrogens is 1360 g/mol. The minimum Gasteiger partial charge on any atom is -0.464 e. The molecule has 6 aromatic heterocycles. The van der Waals surface area contributed by atoms with Gasteiger partial charge in [-0.1, -0.05) is 76.1 Å². The van der Waals surface area contributed by atoms with Gasteiger partial charge in [0.1, 0.15) is 12.3 Å². The van der Waals surface area contributed by atoms with Crippen LogP contribution in [-0.4, -0.2) is 105 Å². The van der Waals surface area contributed by atoms with Gasteiger partial charge in [0.05, 0.1) is 45.8 Å². The number of fused-ring (bicyclic) bond motifs is 9. The van der Waals surface area contributed by atoms with Gasteiger partial charge in [0, 0.05) is 147 Å². The van der Waals surface area contributed by atoms with Gasteiger partial charge in [0.25, 0.3) is 0 Å². The van der Waals surface area contributed by atoms with E-state index in [1.54, 1.807) is 13.8 Å². The monoisotopic (exact) mass is 1430 g/mol. The van der Waals surface area contributed by atoms with Crippen molar-refractivity contribution in [2.75, 3.05) is 33.0 Å². The number of nitrogens with zero attached hydrogens (tertiary/aromatic N) is 6. The molecule has 103 heavy (non-hydrogen) atoms. The maximum absolute atomic E-state index is 13.2. The van der Waals surface area contributed by atoms with Crippen LogP contribution in [0.2, 0.25) is 0 Å². The molecule has 0 amide bonds. The predicted molar refractivity (Wildman–Crippen MR) is 408 cm³/mol. The van der Waals surface area contributed by atoms with Crippen LogP contribution in [0.25, 0.3) is 65.4 Å². The number of oxime groups is 3. The molecule has 13 rings (SSSR count). The lowest BCUT2D eigenvalue weighted by molar-refractivity contribution is -0.142. The van der Waals surface area contributed by atoms with E-state index in [0.29, 0.717) is 89.6 Å². The summed E-state index contributed by atoms with van der Waals surface area (Å²) >= 11 is 4.29. The molecule has 6 heterocycles. The summed E-state index contributed by atoms with van der Waals surface area (Å²) in [4.78, 5) is 101. The topological polar surface area (TPSA) is 227 Å². The second kappa shape index (κ2) is 33.6. The van der Waals surface area contributed by atoms with E-state index in [-0.39, 0.29) is 29.9 Å². The number of hydrogen-bond acceptors (Lipinski definition) is 19. The third-order valence-electron chi connectivity index (χ3n) is 17.0. The Morgan fingerprint density at radius 3 is 1.01 bits per heavy atom. The molecule has 13 aromatic rings. The number of ether oxygens (including phenoxy) is 3. The van der Waals surface area contributed by atoms with Gasteiger partial charge in [-0.05, 0) is 177 Å². The minimum absolute atomic E-state index is 0.00490. The number of thiophene rings is 3. The van der Waals surface area contributed by atoms with Crippen LogP contribution in [0, 0.1) is 6.92 Å². The zero-order valence-electron chi connectivity index (χ0n) is 58.3. The highest BCUT2D eigenvalue weighted by atomic mass is 32.1. The molecule has 0 unspecified atom stereocenters. The Morgan fingerprint density at radius 1 is 0.359 bits per heavy atom. The molecule has 0 saturated carbocycles. The molecule has 0 aliphatic carbocycles. The van der Waals surface area contributed by atoms with E-state index in [1.165, 1.54) is 61.7 Å². The highest BCUT2D eigenvalue weighted by Gasteiger charge is 2.22. The number of carbonyl (C=O) groups excluding carboxylic acids is 7. The van der Waals surface area contributed by atoms with Crippen LogP contribution in [0.3, 0.4) is 0 Å². The first-order valence-corrected chi connectivity index (χ1v) is 35.9. The average molecular weight is 1440 g/mol. The summed E-state index contributed by atoms with van der Waals surface area (Å²) in [6, 6.07) is 54.3. The zero-order chi connectivity index (χ0) is 72.8. The quantitative estimate of drug-likeness (QED) is 0.0137. The summed E-state index contributed by atoms with van der Waals surface area (Å²) in [5, 5.41) is 23.5. The van der Waals surface area contributed by atoms with Crippen LogP contribution >= 0.6 is 34.0 Å². The van der Waals surface area contributed by atoms with Crippen molar-refractivity contribution in [3.05, 3.63) is 245 Å². The van der Waals surface area contributed by atoms with Crippen molar-refractivity contribution in [1.29, 1.82) is 0 Å². The number of carbonyl (C=O) groups is 7. The standard InChI is InChI=1S/C31H28N2O4S.C25H22N2O5S.C25H24N2O4S/c1-4-36-16-15-33-27-13-11-22(30(32-37-21(3)34)24-9-6-5-8-20(24)2)18-25(27)26-19-23(12-14-28(26)33)31(35)29-10-7-17-38-29;1-15(26-32-17(3)29)18-6-8-22-20(13-18)21-14-19(25(30)24-5-4-12-33-24)7-9-23(21)27(22)10-11-31-16(2)28;1-4-30-12-11-27-22-9-7-18(16(2)26-31-17(3)28)14-20(22)21-15-19(8-10-23(21)27)25(29)24-6-5-13-32-24/h5-14,17-19H,4,15-16H2,1-3H3;4-9,12-14H,10-11H2,1-3H3;5-10,13-15H,4,11-12H2,1-3H3/b32-30-;26-15+;26-16+. The highest BCUT2D eigenvalue weighted by Crippen LogP contribution is 2.36. The van der Waals surface area contributed by atoms with Crippen molar-refractivity contribution in [2.45, 2.75) is 81.9 Å². The molecule has 524 valence electrons. The Morgan fingerprint density at radius 2 is 0.680 bits per heavy atom. The zero-order valence-corrected chi connectivity index (χ0v) is 60.7. The maximum atomic E-state index is 13.2. The number of benzene rings is 7. The Balaban J connectivity index is 0.000000156. The molecule has 0 saturated heterocycles. The Kier molecular flexibility index (Phi) is 23.8. The van der Waals surface area contributed by atoms with Gasteiger partial charge in [0.15, 0.2) is 0 Å². The van der Waals surface area contributed by atoms with Crippen molar-refractivity contribution in [2.24, 2.45) is 15.5 Å². The van der Waals surface area contributed by atoms with Gasteiger partial charge in [-0.25, -0.2) is 14.4 Å². The summed E-state index contributed by atoms with van der Waals surface area (Å²) in [6.45, 7) is 19.4. The number of aryl methyl sites for hydroxylation is 1. The second-order valence-corrected chi connectivity index (χ2v) is 26.7. The van der Waals surface area contributed by atoms with Crippen LogP contribution in [-0.2, 0) is 67.5 Å². The number of aromatic nitrogens is 3. The lowest BCUT2D eigenvalue weighted by Gasteiger charge is -2.11. The van der Waals surface area contributed by atoms with Gasteiger partial charge in [0.2, 0.25) is 17.3 Å². The molecule has 7 aromatic carbocycles.